The third kappa shape index (κ3) is 5.40. The van der Waals surface area contributed by atoms with Crippen LogP contribution >= 0.6 is 11.8 Å². The lowest BCUT2D eigenvalue weighted by Crippen LogP contribution is -2.59. The standard InChI is InChI=1S/C24H29ClN4O3/c25-29-17(9-8-16-5-2-1-3-6-16)11-21(30)28-18-12-24(13-18)14-19(15-24)32-23-20(22(26)31)7-4-10-27-23/h1-7,10,17-19,29H,8-9,11-15H2,(H2,26,31)(H,28,30)/t17-,18?,19?,24?/m0/s1. The molecular formula is C24H29ClN4O3. The van der Waals surface area contributed by atoms with Crippen molar-refractivity contribution in [2.75, 3.05) is 0 Å². The molecule has 2 aromatic rings. The number of aromatic nitrogens is 1. The second kappa shape index (κ2) is 9.88. The maximum Gasteiger partial charge on any atom is 0.254 e. The van der Waals surface area contributed by atoms with Crippen LogP contribution in [0.3, 0.4) is 0 Å². The van der Waals surface area contributed by atoms with Crippen molar-refractivity contribution in [1.29, 1.82) is 0 Å². The smallest absolute Gasteiger partial charge is 0.254 e. The second-order valence-corrected chi connectivity index (χ2v) is 9.29. The molecule has 0 bridgehead atoms. The molecule has 2 aliphatic carbocycles. The molecule has 7 nitrogen and oxygen atoms in total. The number of hydrogen-bond donors (Lipinski definition) is 3. The minimum atomic E-state index is -0.540. The minimum absolute atomic E-state index is 0.0301. The molecule has 2 fully saturated rings. The summed E-state index contributed by atoms with van der Waals surface area (Å²) in [5.41, 5.74) is 7.15. The van der Waals surface area contributed by atoms with Crippen molar-refractivity contribution in [3.05, 3.63) is 59.8 Å². The van der Waals surface area contributed by atoms with Crippen molar-refractivity contribution < 1.29 is 14.3 Å². The third-order valence-electron chi connectivity index (χ3n) is 6.57. The first-order valence-electron chi connectivity index (χ1n) is 11.1. The van der Waals surface area contributed by atoms with Crippen molar-refractivity contribution in [2.45, 2.75) is 63.1 Å². The van der Waals surface area contributed by atoms with E-state index in [0.29, 0.717) is 17.9 Å². The zero-order chi connectivity index (χ0) is 22.6. The van der Waals surface area contributed by atoms with Crippen LogP contribution in [0.1, 0.15) is 54.4 Å². The number of halogens is 1. The molecule has 0 aliphatic heterocycles. The average molecular weight is 457 g/mol. The number of carbonyl (C=O) groups is 2. The van der Waals surface area contributed by atoms with Crippen molar-refractivity contribution in [1.82, 2.24) is 15.1 Å². The maximum atomic E-state index is 12.5. The number of aryl methyl sites for hydroxylation is 1. The molecule has 1 heterocycles. The lowest BCUT2D eigenvalue weighted by Gasteiger charge is -2.57. The van der Waals surface area contributed by atoms with E-state index in [1.54, 1.807) is 18.3 Å². The minimum Gasteiger partial charge on any atom is -0.474 e. The number of rotatable bonds is 10. The van der Waals surface area contributed by atoms with E-state index in [1.807, 2.05) is 18.2 Å². The zero-order valence-electron chi connectivity index (χ0n) is 17.9. The van der Waals surface area contributed by atoms with Gasteiger partial charge in [-0.25, -0.2) is 9.82 Å². The number of nitrogens with two attached hydrogens (primary N) is 1. The first kappa shape index (κ1) is 22.6. The SMILES string of the molecule is NC(=O)c1cccnc1OC1CC2(CC(NC(=O)C[C@H](CCc3ccccc3)NCl)C2)C1. The molecule has 0 saturated heterocycles. The summed E-state index contributed by atoms with van der Waals surface area (Å²) >= 11 is 5.87. The van der Waals surface area contributed by atoms with Crippen molar-refractivity contribution in [2.24, 2.45) is 11.1 Å². The summed E-state index contributed by atoms with van der Waals surface area (Å²) in [5, 5.41) is 3.14. The van der Waals surface area contributed by atoms with Gasteiger partial charge in [0.25, 0.3) is 5.91 Å². The van der Waals surface area contributed by atoms with E-state index in [0.717, 1.165) is 38.5 Å². The Labute approximate surface area is 193 Å². The number of hydrogen-bond acceptors (Lipinski definition) is 5. The van der Waals surface area contributed by atoms with Gasteiger partial charge in [0.2, 0.25) is 11.8 Å². The Morgan fingerprint density at radius 3 is 2.59 bits per heavy atom. The van der Waals surface area contributed by atoms with Gasteiger partial charge in [-0.2, -0.15) is 0 Å². The molecule has 1 spiro atoms. The van der Waals surface area contributed by atoms with Crippen LogP contribution in [-0.4, -0.2) is 35.0 Å². The van der Waals surface area contributed by atoms with E-state index in [2.05, 4.69) is 27.3 Å². The highest BCUT2D eigenvalue weighted by Gasteiger charge is 2.54. The molecule has 1 aromatic heterocycles. The first-order valence-corrected chi connectivity index (χ1v) is 11.4. The number of amides is 2. The molecule has 32 heavy (non-hydrogen) atoms. The molecule has 170 valence electrons. The lowest BCUT2D eigenvalue weighted by molar-refractivity contribution is -0.128. The van der Waals surface area contributed by atoms with Gasteiger partial charge >= 0.3 is 0 Å². The summed E-state index contributed by atoms with van der Waals surface area (Å²) in [6.45, 7) is 0. The average Bonchev–Trinajstić information content (AvgIpc) is 2.74. The Kier molecular flexibility index (Phi) is 6.96. The van der Waals surface area contributed by atoms with Gasteiger partial charge in [-0.3, -0.25) is 9.59 Å². The fourth-order valence-electron chi connectivity index (χ4n) is 4.93. The normalized spacial score (nSPS) is 24.8. The highest BCUT2D eigenvalue weighted by molar-refractivity contribution is 6.13. The predicted molar refractivity (Wildman–Crippen MR) is 122 cm³/mol. The quantitative estimate of drug-likeness (QED) is 0.476. The van der Waals surface area contributed by atoms with E-state index in [9.17, 15) is 9.59 Å². The molecule has 1 atom stereocenters. The van der Waals surface area contributed by atoms with Gasteiger partial charge in [0, 0.05) is 24.7 Å². The van der Waals surface area contributed by atoms with Crippen LogP contribution in [0.15, 0.2) is 48.7 Å². The Morgan fingerprint density at radius 2 is 1.91 bits per heavy atom. The van der Waals surface area contributed by atoms with Crippen molar-refractivity contribution >= 4 is 23.6 Å². The van der Waals surface area contributed by atoms with Gasteiger partial charge in [0.1, 0.15) is 11.7 Å². The van der Waals surface area contributed by atoms with E-state index < -0.39 is 5.91 Å². The van der Waals surface area contributed by atoms with Gasteiger partial charge in [-0.15, -0.1) is 0 Å². The van der Waals surface area contributed by atoms with Crippen LogP contribution in [0.5, 0.6) is 5.88 Å². The molecule has 4 rings (SSSR count). The Bertz CT molecular complexity index is 941. The fraction of sp³-hybridized carbons (Fsp3) is 0.458. The van der Waals surface area contributed by atoms with Crippen molar-refractivity contribution in [3.63, 3.8) is 0 Å². The third-order valence-corrected chi connectivity index (χ3v) is 6.88. The van der Waals surface area contributed by atoms with Gasteiger partial charge in [-0.1, -0.05) is 30.3 Å². The maximum absolute atomic E-state index is 12.5. The van der Waals surface area contributed by atoms with Crippen LogP contribution in [0.4, 0.5) is 0 Å². The zero-order valence-corrected chi connectivity index (χ0v) is 18.7. The van der Waals surface area contributed by atoms with Gasteiger partial charge in [-0.05, 0) is 73.4 Å². The Balaban J connectivity index is 1.16. The number of nitrogens with zero attached hydrogens (tertiary/aromatic N) is 1. The van der Waals surface area contributed by atoms with E-state index in [1.165, 1.54) is 5.56 Å². The van der Waals surface area contributed by atoms with E-state index in [4.69, 9.17) is 22.2 Å². The number of carbonyl (C=O) groups excluding carboxylic acids is 2. The number of benzene rings is 1. The summed E-state index contributed by atoms with van der Waals surface area (Å²) in [5.74, 6) is -0.205. The van der Waals surface area contributed by atoms with Crippen LogP contribution in [0.2, 0.25) is 0 Å². The number of nitrogens with one attached hydrogen (secondary N) is 2. The number of pyridine rings is 1. The van der Waals surface area contributed by atoms with Gasteiger partial charge in [0.15, 0.2) is 0 Å². The molecule has 0 radical (unpaired) electrons. The predicted octanol–water partition coefficient (Wildman–Crippen LogP) is 3.12. The first-order chi connectivity index (χ1) is 15.5. The fourth-order valence-corrected chi connectivity index (χ4v) is 5.12. The summed E-state index contributed by atoms with van der Waals surface area (Å²) in [7, 11) is 0. The molecule has 2 aliphatic rings. The van der Waals surface area contributed by atoms with Crippen LogP contribution in [0, 0.1) is 5.41 Å². The summed E-state index contributed by atoms with van der Waals surface area (Å²) in [6, 6.07) is 13.6. The van der Waals surface area contributed by atoms with Crippen LogP contribution in [0.25, 0.3) is 0 Å². The van der Waals surface area contributed by atoms with E-state index >= 15 is 0 Å². The molecule has 1 aromatic carbocycles. The van der Waals surface area contributed by atoms with Crippen molar-refractivity contribution in [3.8, 4) is 5.88 Å². The summed E-state index contributed by atoms with van der Waals surface area (Å²) in [6.07, 6.45) is 7.36. The number of ether oxygens (including phenoxy) is 1. The largest absolute Gasteiger partial charge is 0.474 e. The Hall–Kier alpha value is -2.64. The molecule has 4 N–H and O–H groups in total. The van der Waals surface area contributed by atoms with E-state index in [-0.39, 0.29) is 29.5 Å². The molecular weight excluding hydrogens is 428 g/mol. The monoisotopic (exact) mass is 456 g/mol. The number of primary amides is 1. The van der Waals surface area contributed by atoms with Crippen LogP contribution in [-0.2, 0) is 11.2 Å². The van der Waals surface area contributed by atoms with Crippen LogP contribution < -0.4 is 20.6 Å². The molecule has 2 saturated carbocycles. The second-order valence-electron chi connectivity index (χ2n) is 9.08. The summed E-state index contributed by atoms with van der Waals surface area (Å²) < 4.78 is 5.90. The summed E-state index contributed by atoms with van der Waals surface area (Å²) in [4.78, 5) is 30.9. The molecule has 2 amide bonds. The topological polar surface area (TPSA) is 106 Å². The Morgan fingerprint density at radius 1 is 1.16 bits per heavy atom. The lowest BCUT2D eigenvalue weighted by atomic mass is 9.53. The van der Waals surface area contributed by atoms with Gasteiger partial charge < -0.3 is 15.8 Å². The molecule has 0 unspecified atom stereocenters. The van der Waals surface area contributed by atoms with Gasteiger partial charge in [0.05, 0.1) is 0 Å². The highest BCUT2D eigenvalue weighted by Crippen LogP contribution is 2.56. The molecule has 8 heteroatoms. The highest BCUT2D eigenvalue weighted by atomic mass is 35.5.